The Labute approximate surface area is 128 Å². The number of ether oxygens (including phenoxy) is 1. The number of rotatable bonds is 6. The van der Waals surface area contributed by atoms with E-state index in [0.717, 1.165) is 12.8 Å². The number of hydrogen-bond donors (Lipinski definition) is 1. The Balaban J connectivity index is 1.79. The summed E-state index contributed by atoms with van der Waals surface area (Å²) in [4.78, 5) is 27.9. The van der Waals surface area contributed by atoms with Crippen LogP contribution in [-0.2, 0) is 9.53 Å². The van der Waals surface area contributed by atoms with Gasteiger partial charge in [-0.1, -0.05) is 0 Å². The number of likely N-dealkylation sites (tertiary alicyclic amines) is 1. The second-order valence-corrected chi connectivity index (χ2v) is 5.20. The number of nitrogens with zero attached hydrogens (tertiary/aromatic N) is 3. The zero-order valence-corrected chi connectivity index (χ0v) is 12.5. The standard InChI is InChI=1S/C14H20N4O4/c1-22-9-6-14(19)17-7-4-11(5-8-17)16-13-3-2-12(10-15-13)18(20)21/h2-3,10-11H,4-9H2,1H3,(H,15,16). The molecule has 0 unspecified atom stereocenters. The Hall–Kier alpha value is -2.22. The average Bonchev–Trinajstić information content (AvgIpc) is 2.54. The third-order valence-electron chi connectivity index (χ3n) is 3.68. The maximum absolute atomic E-state index is 11.9. The molecule has 0 aliphatic carbocycles. The highest BCUT2D eigenvalue weighted by Gasteiger charge is 2.22. The molecular weight excluding hydrogens is 288 g/mol. The van der Waals surface area contributed by atoms with Crippen LogP contribution in [0, 0.1) is 10.1 Å². The maximum atomic E-state index is 11.9. The first-order valence-electron chi connectivity index (χ1n) is 7.24. The molecule has 22 heavy (non-hydrogen) atoms. The number of piperidine rings is 1. The summed E-state index contributed by atoms with van der Waals surface area (Å²) in [6, 6.07) is 3.26. The van der Waals surface area contributed by atoms with Crippen molar-refractivity contribution in [3.63, 3.8) is 0 Å². The van der Waals surface area contributed by atoms with Crippen LogP contribution in [0.4, 0.5) is 11.5 Å². The molecule has 1 saturated heterocycles. The van der Waals surface area contributed by atoms with Gasteiger partial charge >= 0.3 is 0 Å². The van der Waals surface area contributed by atoms with Crippen molar-refractivity contribution < 1.29 is 14.5 Å². The van der Waals surface area contributed by atoms with Crippen LogP contribution in [-0.4, -0.2) is 53.6 Å². The lowest BCUT2D eigenvalue weighted by Crippen LogP contribution is -2.42. The van der Waals surface area contributed by atoms with Crippen LogP contribution in [0.2, 0.25) is 0 Å². The summed E-state index contributed by atoms with van der Waals surface area (Å²) < 4.78 is 4.91. The lowest BCUT2D eigenvalue weighted by Gasteiger charge is -2.32. The van der Waals surface area contributed by atoms with E-state index in [1.54, 1.807) is 13.2 Å². The van der Waals surface area contributed by atoms with Crippen molar-refractivity contribution in [3.05, 3.63) is 28.4 Å². The molecule has 1 aliphatic heterocycles. The number of nitrogens with one attached hydrogen (secondary N) is 1. The molecule has 1 aliphatic rings. The third-order valence-corrected chi connectivity index (χ3v) is 3.68. The van der Waals surface area contributed by atoms with E-state index in [9.17, 15) is 14.9 Å². The smallest absolute Gasteiger partial charge is 0.287 e. The second-order valence-electron chi connectivity index (χ2n) is 5.20. The van der Waals surface area contributed by atoms with Crippen molar-refractivity contribution in [2.24, 2.45) is 0 Å². The first-order chi connectivity index (χ1) is 10.6. The molecule has 1 aromatic heterocycles. The predicted octanol–water partition coefficient (Wildman–Crippen LogP) is 1.43. The molecule has 1 aromatic rings. The molecule has 2 rings (SSSR count). The zero-order valence-electron chi connectivity index (χ0n) is 12.5. The second kappa shape index (κ2) is 7.69. The largest absolute Gasteiger partial charge is 0.384 e. The molecule has 120 valence electrons. The first-order valence-corrected chi connectivity index (χ1v) is 7.24. The Kier molecular flexibility index (Phi) is 5.65. The van der Waals surface area contributed by atoms with Crippen LogP contribution in [0.15, 0.2) is 18.3 Å². The van der Waals surface area contributed by atoms with E-state index in [-0.39, 0.29) is 17.6 Å². The van der Waals surface area contributed by atoms with Gasteiger partial charge < -0.3 is 15.0 Å². The summed E-state index contributed by atoms with van der Waals surface area (Å²) in [6.45, 7) is 1.85. The maximum Gasteiger partial charge on any atom is 0.287 e. The number of carbonyl (C=O) groups is 1. The molecule has 0 aromatic carbocycles. The van der Waals surface area contributed by atoms with Gasteiger partial charge in [-0.05, 0) is 18.9 Å². The Morgan fingerprint density at radius 2 is 2.23 bits per heavy atom. The zero-order chi connectivity index (χ0) is 15.9. The minimum Gasteiger partial charge on any atom is -0.384 e. The van der Waals surface area contributed by atoms with Crippen molar-refractivity contribution in [1.82, 2.24) is 9.88 Å². The van der Waals surface area contributed by atoms with Crippen molar-refractivity contribution in [3.8, 4) is 0 Å². The van der Waals surface area contributed by atoms with Crippen LogP contribution in [0.5, 0.6) is 0 Å². The van der Waals surface area contributed by atoms with E-state index < -0.39 is 4.92 Å². The summed E-state index contributed by atoms with van der Waals surface area (Å²) >= 11 is 0. The van der Waals surface area contributed by atoms with Gasteiger partial charge in [0.2, 0.25) is 5.91 Å². The van der Waals surface area contributed by atoms with E-state index in [0.29, 0.717) is 31.9 Å². The summed E-state index contributed by atoms with van der Waals surface area (Å²) in [5.74, 6) is 0.739. The number of carbonyl (C=O) groups excluding carboxylic acids is 1. The van der Waals surface area contributed by atoms with E-state index >= 15 is 0 Å². The topological polar surface area (TPSA) is 97.6 Å². The molecule has 0 saturated carbocycles. The van der Waals surface area contributed by atoms with Crippen molar-refractivity contribution in [2.75, 3.05) is 32.1 Å². The monoisotopic (exact) mass is 308 g/mol. The minimum absolute atomic E-state index is 0.0240. The molecule has 1 fully saturated rings. The van der Waals surface area contributed by atoms with E-state index in [1.165, 1.54) is 12.3 Å². The molecule has 0 spiro atoms. The number of nitro groups is 1. The minimum atomic E-state index is -0.471. The lowest BCUT2D eigenvalue weighted by atomic mass is 10.0. The molecule has 0 bridgehead atoms. The van der Waals surface area contributed by atoms with Gasteiger partial charge in [0.1, 0.15) is 12.0 Å². The lowest BCUT2D eigenvalue weighted by molar-refractivity contribution is -0.385. The Morgan fingerprint density at radius 3 is 2.77 bits per heavy atom. The molecule has 0 atom stereocenters. The highest BCUT2D eigenvalue weighted by atomic mass is 16.6. The van der Waals surface area contributed by atoms with Gasteiger partial charge in [-0.15, -0.1) is 0 Å². The molecule has 0 radical (unpaired) electrons. The number of anilines is 1. The summed E-state index contributed by atoms with van der Waals surface area (Å²) in [7, 11) is 1.58. The average molecular weight is 308 g/mol. The van der Waals surface area contributed by atoms with Crippen molar-refractivity contribution in [2.45, 2.75) is 25.3 Å². The predicted molar refractivity (Wildman–Crippen MR) is 80.6 cm³/mol. The van der Waals surface area contributed by atoms with Crippen LogP contribution in [0.25, 0.3) is 0 Å². The van der Waals surface area contributed by atoms with E-state index in [4.69, 9.17) is 4.74 Å². The molecule has 1 N–H and O–H groups in total. The van der Waals surface area contributed by atoms with Crippen LogP contribution < -0.4 is 5.32 Å². The highest BCUT2D eigenvalue weighted by Crippen LogP contribution is 2.17. The molecule has 8 nitrogen and oxygen atoms in total. The van der Waals surface area contributed by atoms with Crippen LogP contribution in [0.1, 0.15) is 19.3 Å². The number of methoxy groups -OCH3 is 1. The van der Waals surface area contributed by atoms with Gasteiger partial charge in [0.25, 0.3) is 5.69 Å². The van der Waals surface area contributed by atoms with Crippen LogP contribution >= 0.6 is 0 Å². The van der Waals surface area contributed by atoms with E-state index in [1.807, 2.05) is 4.90 Å². The fraction of sp³-hybridized carbons (Fsp3) is 0.571. The van der Waals surface area contributed by atoms with Gasteiger partial charge in [-0.3, -0.25) is 14.9 Å². The van der Waals surface area contributed by atoms with Crippen molar-refractivity contribution in [1.29, 1.82) is 0 Å². The SMILES string of the molecule is COCCC(=O)N1CCC(Nc2ccc([N+](=O)[O-])cn2)CC1. The Morgan fingerprint density at radius 1 is 1.50 bits per heavy atom. The molecule has 8 heteroatoms. The fourth-order valence-corrected chi connectivity index (χ4v) is 2.41. The Bertz CT molecular complexity index is 512. The normalized spacial score (nSPS) is 15.6. The number of pyridine rings is 1. The fourth-order valence-electron chi connectivity index (χ4n) is 2.41. The number of hydrogen-bond acceptors (Lipinski definition) is 6. The van der Waals surface area contributed by atoms with Gasteiger partial charge in [-0.25, -0.2) is 4.98 Å². The summed E-state index contributed by atoms with van der Waals surface area (Å²) in [5, 5.41) is 13.8. The summed E-state index contributed by atoms with van der Waals surface area (Å²) in [6.07, 6.45) is 3.32. The van der Waals surface area contributed by atoms with Crippen LogP contribution in [0.3, 0.4) is 0 Å². The van der Waals surface area contributed by atoms with Crippen molar-refractivity contribution >= 4 is 17.4 Å². The van der Waals surface area contributed by atoms with Gasteiger partial charge in [0.15, 0.2) is 0 Å². The van der Waals surface area contributed by atoms with Gasteiger partial charge in [-0.2, -0.15) is 0 Å². The van der Waals surface area contributed by atoms with Gasteiger partial charge in [0.05, 0.1) is 18.0 Å². The molecule has 2 heterocycles. The quantitative estimate of drug-likeness (QED) is 0.630. The first kappa shape index (κ1) is 16.2. The molecule has 1 amide bonds. The highest BCUT2D eigenvalue weighted by molar-refractivity contribution is 5.76. The summed E-state index contributed by atoms with van der Waals surface area (Å²) in [5.41, 5.74) is -0.0240. The number of amides is 1. The van der Waals surface area contributed by atoms with E-state index in [2.05, 4.69) is 10.3 Å². The third kappa shape index (κ3) is 4.39. The number of aromatic nitrogens is 1. The van der Waals surface area contributed by atoms with Gasteiger partial charge in [0, 0.05) is 32.3 Å². The molecular formula is C14H20N4O4.